The summed E-state index contributed by atoms with van der Waals surface area (Å²) in [5.74, 6) is 1.39. The first-order valence-electron chi connectivity index (χ1n) is 7.40. The summed E-state index contributed by atoms with van der Waals surface area (Å²) in [5.41, 5.74) is 8.99. The van der Waals surface area contributed by atoms with Crippen LogP contribution in [0.15, 0.2) is 12.3 Å². The zero-order chi connectivity index (χ0) is 14.1. The number of rotatable bonds is 3. The highest BCUT2D eigenvalue weighted by Crippen LogP contribution is 2.23. The lowest BCUT2D eigenvalue weighted by atomic mass is 9.94. The SMILES string of the molecule is Cc1cnc2c(c1)nc(N)n2CCC1CCN(C)CC1. The lowest BCUT2D eigenvalue weighted by molar-refractivity contribution is 0.208. The van der Waals surface area contributed by atoms with Gasteiger partial charge in [0.25, 0.3) is 0 Å². The van der Waals surface area contributed by atoms with E-state index in [0.29, 0.717) is 5.95 Å². The Balaban J connectivity index is 1.72. The van der Waals surface area contributed by atoms with Crippen LogP contribution in [0.5, 0.6) is 0 Å². The van der Waals surface area contributed by atoms with Gasteiger partial charge < -0.3 is 10.6 Å². The molecule has 0 amide bonds. The number of fused-ring (bicyclic) bond motifs is 1. The third-order valence-corrected chi connectivity index (χ3v) is 4.35. The number of anilines is 1. The molecule has 2 aromatic rings. The molecule has 1 aliphatic rings. The second-order valence-electron chi connectivity index (χ2n) is 6.01. The number of hydrogen-bond donors (Lipinski definition) is 1. The van der Waals surface area contributed by atoms with Gasteiger partial charge in [0, 0.05) is 12.7 Å². The van der Waals surface area contributed by atoms with Gasteiger partial charge >= 0.3 is 0 Å². The number of hydrogen-bond acceptors (Lipinski definition) is 4. The molecule has 5 heteroatoms. The summed E-state index contributed by atoms with van der Waals surface area (Å²) in [6.45, 7) is 5.37. The van der Waals surface area contributed by atoms with Crippen molar-refractivity contribution in [2.24, 2.45) is 5.92 Å². The van der Waals surface area contributed by atoms with Crippen molar-refractivity contribution in [1.29, 1.82) is 0 Å². The Bertz CT molecular complexity index is 596. The molecule has 1 saturated heterocycles. The Kier molecular flexibility index (Phi) is 3.61. The third kappa shape index (κ3) is 2.63. The molecule has 0 spiro atoms. The van der Waals surface area contributed by atoms with E-state index >= 15 is 0 Å². The second-order valence-corrected chi connectivity index (χ2v) is 6.01. The smallest absolute Gasteiger partial charge is 0.202 e. The Hall–Kier alpha value is -1.62. The van der Waals surface area contributed by atoms with Gasteiger partial charge in [0.15, 0.2) is 5.65 Å². The molecule has 20 heavy (non-hydrogen) atoms. The van der Waals surface area contributed by atoms with Crippen molar-refractivity contribution in [3.05, 3.63) is 17.8 Å². The van der Waals surface area contributed by atoms with E-state index in [1.165, 1.54) is 32.4 Å². The zero-order valence-electron chi connectivity index (χ0n) is 12.3. The molecule has 0 radical (unpaired) electrons. The molecule has 0 atom stereocenters. The van der Waals surface area contributed by atoms with Crippen LogP contribution < -0.4 is 5.73 Å². The van der Waals surface area contributed by atoms with E-state index in [1.807, 2.05) is 19.2 Å². The number of nitrogens with two attached hydrogens (primary N) is 1. The quantitative estimate of drug-likeness (QED) is 0.930. The van der Waals surface area contributed by atoms with Gasteiger partial charge in [-0.15, -0.1) is 0 Å². The fourth-order valence-electron chi connectivity index (χ4n) is 3.01. The standard InChI is InChI=1S/C15H23N5/c1-11-9-13-14(17-10-11)20(15(16)18-13)8-5-12-3-6-19(2)7-4-12/h9-10,12H,3-8H2,1-2H3,(H2,16,18). The largest absolute Gasteiger partial charge is 0.369 e. The minimum Gasteiger partial charge on any atom is -0.369 e. The maximum Gasteiger partial charge on any atom is 0.202 e. The van der Waals surface area contributed by atoms with Gasteiger partial charge in [-0.05, 0) is 63.9 Å². The van der Waals surface area contributed by atoms with Crippen LogP contribution in [0.25, 0.3) is 11.2 Å². The van der Waals surface area contributed by atoms with Crippen molar-refractivity contribution >= 4 is 17.1 Å². The summed E-state index contributed by atoms with van der Waals surface area (Å²) in [5, 5.41) is 0. The average Bonchev–Trinajstić information content (AvgIpc) is 2.73. The fourth-order valence-corrected chi connectivity index (χ4v) is 3.01. The molecule has 1 fully saturated rings. The van der Waals surface area contributed by atoms with Crippen LogP contribution in [0, 0.1) is 12.8 Å². The molecule has 3 heterocycles. The highest BCUT2D eigenvalue weighted by molar-refractivity contribution is 5.74. The molecule has 0 bridgehead atoms. The Labute approximate surface area is 119 Å². The van der Waals surface area contributed by atoms with Crippen LogP contribution in [0.4, 0.5) is 5.95 Å². The van der Waals surface area contributed by atoms with Crippen molar-refractivity contribution in [2.75, 3.05) is 25.9 Å². The summed E-state index contributed by atoms with van der Waals surface area (Å²) in [4.78, 5) is 11.3. The van der Waals surface area contributed by atoms with E-state index in [2.05, 4.69) is 26.5 Å². The maximum atomic E-state index is 6.04. The number of piperidine rings is 1. The topological polar surface area (TPSA) is 60.0 Å². The Morgan fingerprint density at radius 2 is 2.10 bits per heavy atom. The lowest BCUT2D eigenvalue weighted by Gasteiger charge is -2.29. The Morgan fingerprint density at radius 3 is 2.85 bits per heavy atom. The van der Waals surface area contributed by atoms with E-state index in [9.17, 15) is 0 Å². The first-order chi connectivity index (χ1) is 9.63. The highest BCUT2D eigenvalue weighted by atomic mass is 15.2. The summed E-state index contributed by atoms with van der Waals surface area (Å²) in [7, 11) is 2.20. The Morgan fingerprint density at radius 1 is 1.35 bits per heavy atom. The predicted molar refractivity (Wildman–Crippen MR) is 81.5 cm³/mol. The average molecular weight is 273 g/mol. The number of nitrogen functional groups attached to an aromatic ring is 1. The van der Waals surface area contributed by atoms with Gasteiger partial charge in [-0.3, -0.25) is 4.57 Å². The van der Waals surface area contributed by atoms with E-state index in [-0.39, 0.29) is 0 Å². The second kappa shape index (κ2) is 5.40. The van der Waals surface area contributed by atoms with Crippen molar-refractivity contribution in [1.82, 2.24) is 19.4 Å². The van der Waals surface area contributed by atoms with Gasteiger partial charge in [-0.25, -0.2) is 9.97 Å². The molecule has 0 saturated carbocycles. The molecule has 0 aromatic carbocycles. The van der Waals surface area contributed by atoms with Crippen molar-refractivity contribution < 1.29 is 0 Å². The van der Waals surface area contributed by atoms with Gasteiger partial charge in [-0.2, -0.15) is 0 Å². The fraction of sp³-hybridized carbons (Fsp3) is 0.600. The predicted octanol–water partition coefficient (Wildman–Crippen LogP) is 2.05. The van der Waals surface area contributed by atoms with Gasteiger partial charge in [0.1, 0.15) is 5.52 Å². The number of aryl methyl sites for hydroxylation is 2. The molecule has 2 N–H and O–H groups in total. The van der Waals surface area contributed by atoms with E-state index in [1.54, 1.807) is 0 Å². The van der Waals surface area contributed by atoms with E-state index in [4.69, 9.17) is 5.73 Å². The highest BCUT2D eigenvalue weighted by Gasteiger charge is 2.17. The van der Waals surface area contributed by atoms with Crippen molar-refractivity contribution in [3.8, 4) is 0 Å². The van der Waals surface area contributed by atoms with E-state index < -0.39 is 0 Å². The molecule has 108 valence electrons. The molecule has 2 aromatic heterocycles. The molecule has 3 rings (SSSR count). The van der Waals surface area contributed by atoms with Crippen molar-refractivity contribution in [2.45, 2.75) is 32.7 Å². The molecule has 0 unspecified atom stereocenters. The number of likely N-dealkylation sites (tertiary alicyclic amines) is 1. The molecule has 0 aliphatic carbocycles. The minimum atomic E-state index is 0.589. The summed E-state index contributed by atoms with van der Waals surface area (Å²) in [6, 6.07) is 2.05. The summed E-state index contributed by atoms with van der Waals surface area (Å²) < 4.78 is 2.06. The van der Waals surface area contributed by atoms with Crippen LogP contribution in [0.3, 0.4) is 0 Å². The van der Waals surface area contributed by atoms with E-state index in [0.717, 1.165) is 29.2 Å². The lowest BCUT2D eigenvalue weighted by Crippen LogP contribution is -2.30. The number of pyridine rings is 1. The van der Waals surface area contributed by atoms with Crippen LogP contribution in [0.1, 0.15) is 24.8 Å². The van der Waals surface area contributed by atoms with Crippen LogP contribution in [0.2, 0.25) is 0 Å². The zero-order valence-corrected chi connectivity index (χ0v) is 12.3. The summed E-state index contributed by atoms with van der Waals surface area (Å²) >= 11 is 0. The van der Waals surface area contributed by atoms with Crippen LogP contribution in [-0.4, -0.2) is 39.6 Å². The van der Waals surface area contributed by atoms with Gasteiger partial charge in [0.05, 0.1) is 0 Å². The van der Waals surface area contributed by atoms with Crippen LogP contribution in [-0.2, 0) is 6.54 Å². The molecule has 5 nitrogen and oxygen atoms in total. The van der Waals surface area contributed by atoms with Gasteiger partial charge in [-0.1, -0.05) is 0 Å². The molecular weight excluding hydrogens is 250 g/mol. The molecule has 1 aliphatic heterocycles. The molecular formula is C15H23N5. The monoisotopic (exact) mass is 273 g/mol. The summed E-state index contributed by atoms with van der Waals surface area (Å²) in [6.07, 6.45) is 5.62. The first-order valence-corrected chi connectivity index (χ1v) is 7.40. The van der Waals surface area contributed by atoms with Crippen molar-refractivity contribution in [3.63, 3.8) is 0 Å². The number of imidazole rings is 1. The van der Waals surface area contributed by atoms with Gasteiger partial charge in [0.2, 0.25) is 5.95 Å². The third-order valence-electron chi connectivity index (χ3n) is 4.35. The van der Waals surface area contributed by atoms with Crippen LogP contribution >= 0.6 is 0 Å². The minimum absolute atomic E-state index is 0.589. The number of nitrogens with zero attached hydrogens (tertiary/aromatic N) is 4. The first kappa shape index (κ1) is 13.4. The normalized spacial score (nSPS) is 17.9. The number of aromatic nitrogens is 3. The maximum absolute atomic E-state index is 6.04.